The summed E-state index contributed by atoms with van der Waals surface area (Å²) in [6.07, 6.45) is 8.43. The predicted octanol–water partition coefficient (Wildman–Crippen LogP) is 3.16. The Morgan fingerprint density at radius 1 is 1.05 bits per heavy atom. The second-order valence-electron chi connectivity index (χ2n) is 6.72. The molecule has 1 saturated carbocycles. The van der Waals surface area contributed by atoms with Crippen molar-refractivity contribution in [2.24, 2.45) is 11.8 Å². The first kappa shape index (κ1) is 14.9. The van der Waals surface area contributed by atoms with Crippen LogP contribution < -0.4 is 5.32 Å². The summed E-state index contributed by atoms with van der Waals surface area (Å²) in [5.74, 6) is 1.47. The molecule has 116 valence electrons. The van der Waals surface area contributed by atoms with Crippen LogP contribution in [0.1, 0.15) is 55.7 Å². The van der Waals surface area contributed by atoms with E-state index in [1.165, 1.54) is 49.7 Å². The Kier molecular flexibility index (Phi) is 4.81. The summed E-state index contributed by atoms with van der Waals surface area (Å²) in [6.45, 7) is 1.34. The van der Waals surface area contributed by atoms with Gasteiger partial charge in [0.1, 0.15) is 5.75 Å². The number of hydrogen-bond acceptors (Lipinski definition) is 3. The van der Waals surface area contributed by atoms with E-state index in [0.717, 1.165) is 13.0 Å². The van der Waals surface area contributed by atoms with Crippen molar-refractivity contribution in [3.8, 4) is 5.75 Å². The molecule has 0 aromatic heterocycles. The standard InChI is InChI=1S/C18H27NO2/c20-12-15-5-2-1-4-14(15)11-19-18-7-3-6-13-10-16(21)8-9-17(13)18/h8-10,14-15,18-21H,1-7,11-12H2. The number of aliphatic hydroxyl groups excluding tert-OH is 1. The summed E-state index contributed by atoms with van der Waals surface area (Å²) < 4.78 is 0. The molecule has 0 spiro atoms. The summed E-state index contributed by atoms with van der Waals surface area (Å²) >= 11 is 0. The second kappa shape index (κ2) is 6.80. The van der Waals surface area contributed by atoms with Crippen molar-refractivity contribution in [3.63, 3.8) is 0 Å². The molecule has 21 heavy (non-hydrogen) atoms. The molecule has 0 heterocycles. The molecule has 0 aliphatic heterocycles. The molecule has 0 radical (unpaired) electrons. The lowest BCUT2D eigenvalue weighted by molar-refractivity contribution is 0.130. The predicted molar refractivity (Wildman–Crippen MR) is 84.3 cm³/mol. The largest absolute Gasteiger partial charge is 0.508 e. The van der Waals surface area contributed by atoms with E-state index in [1.807, 2.05) is 6.07 Å². The summed E-state index contributed by atoms with van der Waals surface area (Å²) in [4.78, 5) is 0. The Labute approximate surface area is 127 Å². The molecule has 3 heteroatoms. The number of aromatic hydroxyl groups is 1. The van der Waals surface area contributed by atoms with E-state index in [-0.39, 0.29) is 0 Å². The van der Waals surface area contributed by atoms with Crippen LogP contribution in [-0.4, -0.2) is 23.4 Å². The fourth-order valence-corrected chi connectivity index (χ4v) is 4.10. The van der Waals surface area contributed by atoms with Gasteiger partial charge in [0.05, 0.1) is 0 Å². The van der Waals surface area contributed by atoms with Crippen LogP contribution in [0, 0.1) is 11.8 Å². The van der Waals surface area contributed by atoms with Gasteiger partial charge in [-0.05, 0) is 73.7 Å². The highest BCUT2D eigenvalue weighted by Crippen LogP contribution is 2.34. The van der Waals surface area contributed by atoms with Crippen LogP contribution >= 0.6 is 0 Å². The quantitative estimate of drug-likeness (QED) is 0.798. The van der Waals surface area contributed by atoms with Crippen molar-refractivity contribution in [1.29, 1.82) is 0 Å². The van der Waals surface area contributed by atoms with E-state index in [4.69, 9.17) is 0 Å². The van der Waals surface area contributed by atoms with Crippen LogP contribution in [0.25, 0.3) is 0 Å². The molecule has 0 saturated heterocycles. The number of fused-ring (bicyclic) bond motifs is 1. The van der Waals surface area contributed by atoms with Crippen LogP contribution in [0.4, 0.5) is 0 Å². The first-order valence-corrected chi connectivity index (χ1v) is 8.44. The molecule has 3 N–H and O–H groups in total. The highest BCUT2D eigenvalue weighted by molar-refractivity contribution is 5.38. The Balaban J connectivity index is 1.64. The van der Waals surface area contributed by atoms with Crippen molar-refractivity contribution < 1.29 is 10.2 Å². The highest BCUT2D eigenvalue weighted by Gasteiger charge is 2.26. The lowest BCUT2D eigenvalue weighted by Crippen LogP contribution is -2.35. The van der Waals surface area contributed by atoms with E-state index in [0.29, 0.717) is 30.2 Å². The first-order chi connectivity index (χ1) is 10.3. The third kappa shape index (κ3) is 3.41. The van der Waals surface area contributed by atoms with Gasteiger partial charge in [-0.3, -0.25) is 0 Å². The molecule has 2 aliphatic rings. The Morgan fingerprint density at radius 3 is 2.67 bits per heavy atom. The van der Waals surface area contributed by atoms with Gasteiger partial charge in [-0.15, -0.1) is 0 Å². The fourth-order valence-electron chi connectivity index (χ4n) is 4.10. The summed E-state index contributed by atoms with van der Waals surface area (Å²) in [7, 11) is 0. The van der Waals surface area contributed by atoms with Crippen LogP contribution in [0.15, 0.2) is 18.2 Å². The average molecular weight is 289 g/mol. The number of rotatable bonds is 4. The third-order valence-electron chi connectivity index (χ3n) is 5.37. The van der Waals surface area contributed by atoms with Gasteiger partial charge < -0.3 is 15.5 Å². The lowest BCUT2D eigenvalue weighted by atomic mass is 9.79. The average Bonchev–Trinajstić information content (AvgIpc) is 2.52. The van der Waals surface area contributed by atoms with Gasteiger partial charge in [0.2, 0.25) is 0 Å². The zero-order chi connectivity index (χ0) is 14.7. The van der Waals surface area contributed by atoms with Crippen molar-refractivity contribution in [3.05, 3.63) is 29.3 Å². The van der Waals surface area contributed by atoms with Crippen molar-refractivity contribution in [2.45, 2.75) is 51.0 Å². The molecule has 1 aromatic rings. The van der Waals surface area contributed by atoms with E-state index >= 15 is 0 Å². The van der Waals surface area contributed by atoms with Crippen molar-refractivity contribution >= 4 is 0 Å². The van der Waals surface area contributed by atoms with Gasteiger partial charge in [-0.1, -0.05) is 18.9 Å². The molecule has 0 bridgehead atoms. The second-order valence-corrected chi connectivity index (χ2v) is 6.72. The molecule has 3 nitrogen and oxygen atoms in total. The lowest BCUT2D eigenvalue weighted by Gasteiger charge is -2.33. The maximum atomic E-state index is 9.63. The van der Waals surface area contributed by atoms with Gasteiger partial charge in [0, 0.05) is 12.6 Å². The van der Waals surface area contributed by atoms with Gasteiger partial charge >= 0.3 is 0 Å². The fraction of sp³-hybridized carbons (Fsp3) is 0.667. The minimum Gasteiger partial charge on any atom is -0.508 e. The number of hydrogen-bond donors (Lipinski definition) is 3. The minimum absolute atomic E-state index is 0.335. The maximum absolute atomic E-state index is 9.63. The van der Waals surface area contributed by atoms with Crippen LogP contribution in [-0.2, 0) is 6.42 Å². The van der Waals surface area contributed by atoms with Gasteiger partial charge in [0.25, 0.3) is 0 Å². The molecular formula is C18H27NO2. The van der Waals surface area contributed by atoms with Crippen LogP contribution in [0.5, 0.6) is 5.75 Å². The Morgan fingerprint density at radius 2 is 1.86 bits per heavy atom. The Hall–Kier alpha value is -1.06. The van der Waals surface area contributed by atoms with E-state index in [1.54, 1.807) is 6.07 Å². The SMILES string of the molecule is OCC1CCCCC1CNC1CCCc2cc(O)ccc21. The number of aryl methyl sites for hydroxylation is 1. The molecular weight excluding hydrogens is 262 g/mol. The van der Waals surface area contributed by atoms with E-state index in [2.05, 4.69) is 11.4 Å². The number of benzene rings is 1. The van der Waals surface area contributed by atoms with Gasteiger partial charge in [-0.25, -0.2) is 0 Å². The van der Waals surface area contributed by atoms with E-state index in [9.17, 15) is 10.2 Å². The number of phenols is 1. The normalized spacial score (nSPS) is 29.1. The molecule has 3 unspecified atom stereocenters. The van der Waals surface area contributed by atoms with E-state index < -0.39 is 0 Å². The van der Waals surface area contributed by atoms with Gasteiger partial charge in [0.15, 0.2) is 0 Å². The van der Waals surface area contributed by atoms with Gasteiger partial charge in [-0.2, -0.15) is 0 Å². The van der Waals surface area contributed by atoms with Crippen LogP contribution in [0.3, 0.4) is 0 Å². The minimum atomic E-state index is 0.335. The topological polar surface area (TPSA) is 52.5 Å². The summed E-state index contributed by atoms with van der Waals surface area (Å²) in [5.41, 5.74) is 2.65. The molecule has 1 aromatic carbocycles. The first-order valence-electron chi connectivity index (χ1n) is 8.44. The summed E-state index contributed by atoms with van der Waals surface area (Å²) in [5, 5.41) is 22.9. The smallest absolute Gasteiger partial charge is 0.115 e. The number of aliphatic hydroxyl groups is 1. The summed E-state index contributed by atoms with van der Waals surface area (Å²) in [6, 6.07) is 6.21. The Bertz CT molecular complexity index is 474. The highest BCUT2D eigenvalue weighted by atomic mass is 16.3. The number of phenolic OH excluding ortho intramolecular Hbond substituents is 1. The maximum Gasteiger partial charge on any atom is 0.115 e. The zero-order valence-corrected chi connectivity index (χ0v) is 12.7. The molecule has 0 amide bonds. The third-order valence-corrected chi connectivity index (χ3v) is 5.37. The van der Waals surface area contributed by atoms with Crippen LogP contribution in [0.2, 0.25) is 0 Å². The monoisotopic (exact) mass is 289 g/mol. The van der Waals surface area contributed by atoms with Crippen molar-refractivity contribution in [1.82, 2.24) is 5.32 Å². The molecule has 3 atom stereocenters. The molecule has 2 aliphatic carbocycles. The molecule has 3 rings (SSSR count). The zero-order valence-electron chi connectivity index (χ0n) is 12.7. The van der Waals surface area contributed by atoms with Crippen molar-refractivity contribution in [2.75, 3.05) is 13.2 Å². The number of nitrogens with one attached hydrogen (secondary N) is 1. The molecule has 1 fully saturated rings.